The molecule has 0 spiro atoms. The average molecular weight is 461 g/mol. The van der Waals surface area contributed by atoms with Crippen molar-refractivity contribution in [3.05, 3.63) is 84.9 Å². The zero-order valence-corrected chi connectivity index (χ0v) is 19.4. The van der Waals surface area contributed by atoms with Gasteiger partial charge < -0.3 is 5.32 Å². The molecule has 5 nitrogen and oxygen atoms in total. The average Bonchev–Trinajstić information content (AvgIpc) is 3.28. The number of aromatic nitrogens is 3. The lowest BCUT2D eigenvalue weighted by atomic mass is 10.2. The maximum Gasteiger partial charge on any atom is 0.234 e. The zero-order valence-electron chi connectivity index (χ0n) is 17.8. The van der Waals surface area contributed by atoms with Gasteiger partial charge in [0.2, 0.25) is 11.1 Å². The minimum absolute atomic E-state index is 0.0723. The highest BCUT2D eigenvalue weighted by molar-refractivity contribution is 8.00. The van der Waals surface area contributed by atoms with Crippen LogP contribution < -0.4 is 5.32 Å². The first kappa shape index (κ1) is 22.2. The van der Waals surface area contributed by atoms with Crippen molar-refractivity contribution >= 4 is 35.1 Å². The fourth-order valence-electron chi connectivity index (χ4n) is 3.10. The van der Waals surface area contributed by atoms with Crippen LogP contribution in [-0.4, -0.2) is 32.2 Å². The number of nitrogens with one attached hydrogen (secondary N) is 1. The van der Waals surface area contributed by atoms with E-state index >= 15 is 0 Å². The Kier molecular flexibility index (Phi) is 7.64. The Bertz CT molecular complexity index is 1110. The van der Waals surface area contributed by atoms with E-state index in [1.54, 1.807) is 11.8 Å². The van der Waals surface area contributed by atoms with Crippen LogP contribution in [0.25, 0.3) is 17.1 Å². The molecule has 0 aliphatic rings. The van der Waals surface area contributed by atoms with Crippen LogP contribution in [0.4, 0.5) is 5.69 Å². The number of hydrogen-bond acceptors (Lipinski definition) is 5. The molecule has 32 heavy (non-hydrogen) atoms. The molecule has 0 atom stereocenters. The molecule has 0 saturated heterocycles. The number of amides is 1. The van der Waals surface area contributed by atoms with Crippen molar-refractivity contribution in [2.24, 2.45) is 0 Å². The van der Waals surface area contributed by atoms with Crippen LogP contribution in [0.2, 0.25) is 0 Å². The number of thioether (sulfide) groups is 2. The lowest BCUT2D eigenvalue weighted by Crippen LogP contribution is -2.14. The normalized spacial score (nSPS) is 10.8. The molecule has 0 saturated carbocycles. The standard InChI is InChI=1S/C25H24N4OS2/c1-2-17-31-22-16-10-9-15-21(22)26-23(30)18-32-25-27-24(19-11-5-3-6-12-19)29(28-25)20-13-7-4-8-14-20/h3-16H,2,17-18H2,1H3,(H,26,30). The molecule has 0 aliphatic heterocycles. The molecule has 7 heteroatoms. The van der Waals surface area contributed by atoms with E-state index in [4.69, 9.17) is 4.98 Å². The Balaban J connectivity index is 1.49. The molecule has 1 N–H and O–H groups in total. The van der Waals surface area contributed by atoms with Gasteiger partial charge >= 0.3 is 0 Å². The van der Waals surface area contributed by atoms with Crippen LogP contribution in [0, 0.1) is 0 Å². The summed E-state index contributed by atoms with van der Waals surface area (Å²) in [5.41, 5.74) is 2.75. The van der Waals surface area contributed by atoms with Crippen LogP contribution in [0.5, 0.6) is 0 Å². The van der Waals surface area contributed by atoms with E-state index < -0.39 is 0 Å². The van der Waals surface area contributed by atoms with Gasteiger partial charge in [-0.3, -0.25) is 4.79 Å². The highest BCUT2D eigenvalue weighted by Crippen LogP contribution is 2.28. The molecule has 1 aromatic heterocycles. The van der Waals surface area contributed by atoms with Crippen LogP contribution in [0.15, 0.2) is 95.0 Å². The molecular formula is C25H24N4OS2. The van der Waals surface area contributed by atoms with Gasteiger partial charge in [-0.1, -0.05) is 79.3 Å². The minimum atomic E-state index is -0.0723. The fourth-order valence-corrected chi connectivity index (χ4v) is 4.60. The summed E-state index contributed by atoms with van der Waals surface area (Å²) in [7, 11) is 0. The maximum atomic E-state index is 12.6. The Morgan fingerprint density at radius 3 is 2.34 bits per heavy atom. The Morgan fingerprint density at radius 1 is 0.906 bits per heavy atom. The molecule has 4 rings (SSSR count). The molecule has 4 aromatic rings. The van der Waals surface area contributed by atoms with E-state index in [2.05, 4.69) is 17.3 Å². The third kappa shape index (κ3) is 5.60. The maximum absolute atomic E-state index is 12.6. The molecule has 3 aromatic carbocycles. The number of nitrogens with zero attached hydrogens (tertiary/aromatic N) is 3. The summed E-state index contributed by atoms with van der Waals surface area (Å²) in [4.78, 5) is 18.5. The summed E-state index contributed by atoms with van der Waals surface area (Å²) < 4.78 is 1.83. The summed E-state index contributed by atoms with van der Waals surface area (Å²) in [6, 6.07) is 27.8. The van der Waals surface area contributed by atoms with E-state index in [1.807, 2.05) is 89.6 Å². The van der Waals surface area contributed by atoms with Gasteiger partial charge in [-0.2, -0.15) is 0 Å². The fraction of sp³-hybridized carbons (Fsp3) is 0.160. The third-order valence-electron chi connectivity index (χ3n) is 4.58. The number of anilines is 1. The minimum Gasteiger partial charge on any atom is -0.324 e. The van der Waals surface area contributed by atoms with Gasteiger partial charge in [-0.15, -0.1) is 16.9 Å². The molecule has 0 fully saturated rings. The SMILES string of the molecule is CCCSc1ccccc1NC(=O)CSc1nc(-c2ccccc2)n(-c2ccccc2)n1. The zero-order chi connectivity index (χ0) is 22.2. The van der Waals surface area contributed by atoms with Gasteiger partial charge in [0, 0.05) is 10.5 Å². The van der Waals surface area contributed by atoms with Crippen molar-refractivity contribution < 1.29 is 4.79 Å². The van der Waals surface area contributed by atoms with Gasteiger partial charge in [0.15, 0.2) is 5.82 Å². The highest BCUT2D eigenvalue weighted by atomic mass is 32.2. The van der Waals surface area contributed by atoms with Crippen molar-refractivity contribution in [2.45, 2.75) is 23.4 Å². The molecule has 162 valence electrons. The van der Waals surface area contributed by atoms with E-state index in [0.29, 0.717) is 5.16 Å². The van der Waals surface area contributed by atoms with E-state index in [1.165, 1.54) is 11.8 Å². The number of hydrogen-bond donors (Lipinski definition) is 1. The van der Waals surface area contributed by atoms with Crippen LogP contribution in [0.3, 0.4) is 0 Å². The van der Waals surface area contributed by atoms with Crippen molar-refractivity contribution in [3.63, 3.8) is 0 Å². The Morgan fingerprint density at radius 2 is 1.59 bits per heavy atom. The number of carbonyl (C=O) groups excluding carboxylic acids is 1. The molecular weight excluding hydrogens is 436 g/mol. The summed E-state index contributed by atoms with van der Waals surface area (Å²) in [5.74, 6) is 1.93. The van der Waals surface area contributed by atoms with Crippen LogP contribution >= 0.6 is 23.5 Å². The summed E-state index contributed by atoms with van der Waals surface area (Å²) in [6.07, 6.45) is 1.09. The van der Waals surface area contributed by atoms with Crippen molar-refractivity contribution in [2.75, 3.05) is 16.8 Å². The number of para-hydroxylation sites is 2. The van der Waals surface area contributed by atoms with Gasteiger partial charge in [0.1, 0.15) is 0 Å². The second-order valence-corrected chi connectivity index (χ2v) is 9.09. The lowest BCUT2D eigenvalue weighted by Gasteiger charge is -2.09. The first-order valence-corrected chi connectivity index (χ1v) is 12.4. The topological polar surface area (TPSA) is 59.8 Å². The molecule has 0 bridgehead atoms. The molecule has 1 heterocycles. The van der Waals surface area contributed by atoms with Gasteiger partial charge in [-0.25, -0.2) is 9.67 Å². The van der Waals surface area contributed by atoms with Crippen LogP contribution in [-0.2, 0) is 4.79 Å². The van der Waals surface area contributed by atoms with Crippen molar-refractivity contribution in [3.8, 4) is 17.1 Å². The first-order chi connectivity index (χ1) is 15.7. The summed E-state index contributed by atoms with van der Waals surface area (Å²) in [5, 5.41) is 8.28. The highest BCUT2D eigenvalue weighted by Gasteiger charge is 2.15. The van der Waals surface area contributed by atoms with Crippen molar-refractivity contribution in [1.82, 2.24) is 14.8 Å². The van der Waals surface area contributed by atoms with Gasteiger partial charge in [-0.05, 0) is 36.4 Å². The van der Waals surface area contributed by atoms with E-state index in [-0.39, 0.29) is 11.7 Å². The van der Waals surface area contributed by atoms with Gasteiger partial charge in [0.05, 0.1) is 17.1 Å². The van der Waals surface area contributed by atoms with E-state index in [0.717, 1.165) is 39.8 Å². The molecule has 1 amide bonds. The predicted octanol–water partition coefficient (Wildman–Crippen LogP) is 6.17. The number of rotatable bonds is 9. The number of carbonyl (C=O) groups is 1. The second-order valence-electron chi connectivity index (χ2n) is 7.01. The summed E-state index contributed by atoms with van der Waals surface area (Å²) in [6.45, 7) is 2.15. The lowest BCUT2D eigenvalue weighted by molar-refractivity contribution is -0.113. The van der Waals surface area contributed by atoms with E-state index in [9.17, 15) is 4.79 Å². The Hall–Kier alpha value is -3.03. The van der Waals surface area contributed by atoms with Gasteiger partial charge in [0.25, 0.3) is 0 Å². The first-order valence-electron chi connectivity index (χ1n) is 10.5. The van der Waals surface area contributed by atoms with Crippen molar-refractivity contribution in [1.29, 1.82) is 0 Å². The summed E-state index contributed by atoms with van der Waals surface area (Å²) >= 11 is 3.09. The largest absolute Gasteiger partial charge is 0.324 e. The second kappa shape index (κ2) is 11.0. The molecule has 0 aliphatic carbocycles. The third-order valence-corrected chi connectivity index (χ3v) is 6.69. The Labute approximate surface area is 196 Å². The quantitative estimate of drug-likeness (QED) is 0.303. The molecule has 0 radical (unpaired) electrons. The predicted molar refractivity (Wildman–Crippen MR) is 134 cm³/mol. The monoisotopic (exact) mass is 460 g/mol. The number of benzene rings is 3. The molecule has 0 unspecified atom stereocenters. The van der Waals surface area contributed by atoms with Crippen LogP contribution in [0.1, 0.15) is 13.3 Å². The smallest absolute Gasteiger partial charge is 0.234 e.